The molecule has 0 bridgehead atoms. The first-order valence-corrected chi connectivity index (χ1v) is 6.10. The Morgan fingerprint density at radius 1 is 1.29 bits per heavy atom. The van der Waals surface area contributed by atoms with Gasteiger partial charge in [-0.05, 0) is 18.8 Å². The van der Waals surface area contributed by atoms with Crippen LogP contribution in [0, 0.1) is 17.8 Å². The van der Waals surface area contributed by atoms with Gasteiger partial charge in [-0.15, -0.1) is 0 Å². The maximum absolute atomic E-state index is 11.7. The molecular formula is C12H24N2O3. The summed E-state index contributed by atoms with van der Waals surface area (Å²) in [7, 11) is 0. The van der Waals surface area contributed by atoms with Crippen molar-refractivity contribution in [1.29, 1.82) is 0 Å². The Morgan fingerprint density at radius 3 is 2.29 bits per heavy atom. The summed E-state index contributed by atoms with van der Waals surface area (Å²) in [5.41, 5.74) is 5.53. The largest absolute Gasteiger partial charge is 0.481 e. The van der Waals surface area contributed by atoms with Crippen molar-refractivity contribution in [2.75, 3.05) is 13.1 Å². The molecule has 0 aliphatic rings. The van der Waals surface area contributed by atoms with Crippen LogP contribution in [0.4, 0.5) is 0 Å². The highest BCUT2D eigenvalue weighted by Gasteiger charge is 2.19. The molecule has 5 nitrogen and oxygen atoms in total. The van der Waals surface area contributed by atoms with E-state index >= 15 is 0 Å². The van der Waals surface area contributed by atoms with Crippen LogP contribution in [-0.4, -0.2) is 30.1 Å². The molecule has 5 heteroatoms. The second-order valence-electron chi connectivity index (χ2n) is 4.76. The first-order valence-electron chi connectivity index (χ1n) is 6.10. The van der Waals surface area contributed by atoms with Gasteiger partial charge in [0, 0.05) is 13.1 Å². The van der Waals surface area contributed by atoms with Gasteiger partial charge in [0.05, 0.1) is 11.8 Å². The first kappa shape index (κ1) is 15.9. The minimum absolute atomic E-state index is 0.0366. The van der Waals surface area contributed by atoms with E-state index in [1.807, 2.05) is 13.8 Å². The molecule has 1 amide bonds. The summed E-state index contributed by atoms with van der Waals surface area (Å²) in [4.78, 5) is 22.3. The zero-order chi connectivity index (χ0) is 13.4. The second kappa shape index (κ2) is 8.06. The van der Waals surface area contributed by atoms with Crippen LogP contribution in [0.5, 0.6) is 0 Å². The molecule has 0 fully saturated rings. The monoisotopic (exact) mass is 244 g/mol. The van der Waals surface area contributed by atoms with Crippen LogP contribution in [0.3, 0.4) is 0 Å². The Labute approximate surface area is 103 Å². The molecule has 100 valence electrons. The molecule has 0 aliphatic heterocycles. The van der Waals surface area contributed by atoms with Crippen molar-refractivity contribution in [2.45, 2.75) is 33.6 Å². The molecule has 4 N–H and O–H groups in total. The molecule has 0 heterocycles. The maximum Gasteiger partial charge on any atom is 0.306 e. The van der Waals surface area contributed by atoms with Gasteiger partial charge in [-0.1, -0.05) is 20.8 Å². The minimum Gasteiger partial charge on any atom is -0.481 e. The fraction of sp³-hybridized carbons (Fsp3) is 0.833. The van der Waals surface area contributed by atoms with Crippen molar-refractivity contribution in [3.05, 3.63) is 0 Å². The molecule has 17 heavy (non-hydrogen) atoms. The summed E-state index contributed by atoms with van der Waals surface area (Å²) in [5.74, 6) is -1.13. The fourth-order valence-corrected chi connectivity index (χ4v) is 1.56. The number of nitrogens with one attached hydrogen (secondary N) is 1. The lowest BCUT2D eigenvalue weighted by Crippen LogP contribution is -2.38. The van der Waals surface area contributed by atoms with Gasteiger partial charge in [0.1, 0.15) is 0 Å². The molecular weight excluding hydrogens is 220 g/mol. The molecule has 0 saturated heterocycles. The molecule has 0 aromatic rings. The Balaban J connectivity index is 3.81. The average molecular weight is 244 g/mol. The average Bonchev–Trinajstić information content (AvgIpc) is 2.24. The van der Waals surface area contributed by atoms with Crippen LogP contribution in [0.1, 0.15) is 33.6 Å². The quantitative estimate of drug-likeness (QED) is 0.551. The predicted molar refractivity (Wildman–Crippen MR) is 66.4 cm³/mol. The topological polar surface area (TPSA) is 92.4 Å². The Morgan fingerprint density at radius 2 is 1.88 bits per heavy atom. The van der Waals surface area contributed by atoms with E-state index in [1.165, 1.54) is 0 Å². The van der Waals surface area contributed by atoms with Crippen molar-refractivity contribution in [3.8, 4) is 0 Å². The third-order valence-corrected chi connectivity index (χ3v) is 2.93. The van der Waals surface area contributed by atoms with E-state index in [0.717, 1.165) is 0 Å². The summed E-state index contributed by atoms with van der Waals surface area (Å²) in [5, 5.41) is 11.5. The summed E-state index contributed by atoms with van der Waals surface area (Å²) in [6.07, 6.45) is 1.25. The lowest BCUT2D eigenvalue weighted by Gasteiger charge is -2.18. The number of carbonyl (C=O) groups is 2. The zero-order valence-corrected chi connectivity index (χ0v) is 10.9. The lowest BCUT2D eigenvalue weighted by molar-refractivity contribution is -0.141. The Bertz CT molecular complexity index is 254. The van der Waals surface area contributed by atoms with E-state index in [4.69, 9.17) is 10.8 Å². The van der Waals surface area contributed by atoms with Crippen LogP contribution < -0.4 is 11.1 Å². The number of carboxylic acid groups (broad SMARTS) is 1. The third kappa shape index (κ3) is 6.26. The zero-order valence-electron chi connectivity index (χ0n) is 10.9. The molecule has 0 saturated carbocycles. The van der Waals surface area contributed by atoms with Gasteiger partial charge in [-0.3, -0.25) is 9.59 Å². The number of amides is 1. The molecule has 0 aliphatic carbocycles. The van der Waals surface area contributed by atoms with Gasteiger partial charge in [0.2, 0.25) is 5.91 Å². The summed E-state index contributed by atoms with van der Waals surface area (Å²) in [6.45, 7) is 6.45. The number of aliphatic carboxylic acids is 1. The predicted octanol–water partition coefficient (Wildman–Crippen LogP) is 0.834. The summed E-state index contributed by atoms with van der Waals surface area (Å²) >= 11 is 0. The van der Waals surface area contributed by atoms with Crippen molar-refractivity contribution >= 4 is 11.9 Å². The van der Waals surface area contributed by atoms with Gasteiger partial charge in [-0.25, -0.2) is 0 Å². The highest BCUT2D eigenvalue weighted by atomic mass is 16.4. The maximum atomic E-state index is 11.7. The second-order valence-corrected chi connectivity index (χ2v) is 4.76. The SMILES string of the molecule is CC(CCCNC(=O)C(CN)C(C)C)C(=O)O. The van der Waals surface area contributed by atoms with Crippen LogP contribution in [0.15, 0.2) is 0 Å². The van der Waals surface area contributed by atoms with Crippen LogP contribution in [-0.2, 0) is 9.59 Å². The van der Waals surface area contributed by atoms with Crippen LogP contribution >= 0.6 is 0 Å². The van der Waals surface area contributed by atoms with Crippen molar-refractivity contribution in [1.82, 2.24) is 5.32 Å². The standard InChI is InChI=1S/C12H24N2O3/c1-8(2)10(7-13)11(15)14-6-4-5-9(3)12(16)17/h8-10H,4-7,13H2,1-3H3,(H,14,15)(H,16,17). The van der Waals surface area contributed by atoms with Crippen molar-refractivity contribution in [3.63, 3.8) is 0 Å². The molecule has 2 atom stereocenters. The highest BCUT2D eigenvalue weighted by Crippen LogP contribution is 2.09. The van der Waals surface area contributed by atoms with Gasteiger partial charge >= 0.3 is 5.97 Å². The first-order chi connectivity index (χ1) is 7.90. The molecule has 0 spiro atoms. The van der Waals surface area contributed by atoms with Gasteiger partial charge in [-0.2, -0.15) is 0 Å². The van der Waals surface area contributed by atoms with E-state index in [9.17, 15) is 9.59 Å². The van der Waals surface area contributed by atoms with E-state index in [1.54, 1.807) is 6.92 Å². The van der Waals surface area contributed by atoms with Crippen molar-refractivity contribution in [2.24, 2.45) is 23.5 Å². The number of carboxylic acids is 1. The van der Waals surface area contributed by atoms with Crippen LogP contribution in [0.25, 0.3) is 0 Å². The normalized spacial score (nSPS) is 14.4. The molecule has 0 aromatic carbocycles. The lowest BCUT2D eigenvalue weighted by atomic mass is 9.95. The molecule has 0 rings (SSSR count). The summed E-state index contributed by atoms with van der Waals surface area (Å²) in [6, 6.07) is 0. The van der Waals surface area contributed by atoms with Gasteiger partial charge in [0.25, 0.3) is 0 Å². The van der Waals surface area contributed by atoms with E-state index in [2.05, 4.69) is 5.32 Å². The smallest absolute Gasteiger partial charge is 0.306 e. The molecule has 0 radical (unpaired) electrons. The van der Waals surface area contributed by atoms with E-state index < -0.39 is 5.97 Å². The third-order valence-electron chi connectivity index (χ3n) is 2.93. The fourth-order valence-electron chi connectivity index (χ4n) is 1.56. The highest BCUT2D eigenvalue weighted by molar-refractivity contribution is 5.79. The minimum atomic E-state index is -0.793. The van der Waals surface area contributed by atoms with Crippen LogP contribution in [0.2, 0.25) is 0 Å². The Kier molecular flexibility index (Phi) is 7.54. The number of hydrogen-bond acceptors (Lipinski definition) is 3. The molecule has 2 unspecified atom stereocenters. The van der Waals surface area contributed by atoms with E-state index in [0.29, 0.717) is 25.9 Å². The number of rotatable bonds is 8. The number of carbonyl (C=O) groups excluding carboxylic acids is 1. The summed E-state index contributed by atoms with van der Waals surface area (Å²) < 4.78 is 0. The molecule has 0 aromatic heterocycles. The Hall–Kier alpha value is -1.10. The van der Waals surface area contributed by atoms with E-state index in [-0.39, 0.29) is 23.7 Å². The van der Waals surface area contributed by atoms with Crippen molar-refractivity contribution < 1.29 is 14.7 Å². The number of hydrogen-bond donors (Lipinski definition) is 3. The number of nitrogens with two attached hydrogens (primary N) is 1. The van der Waals surface area contributed by atoms with Gasteiger partial charge in [0.15, 0.2) is 0 Å². The van der Waals surface area contributed by atoms with Gasteiger partial charge < -0.3 is 16.2 Å².